The van der Waals surface area contributed by atoms with Crippen LogP contribution < -0.4 is 0 Å². The van der Waals surface area contributed by atoms with Gasteiger partial charge in [-0.2, -0.15) is 0 Å². The number of carbonyl (C=O) groups is 1. The summed E-state index contributed by atoms with van der Waals surface area (Å²) in [6.45, 7) is 2.94. The van der Waals surface area contributed by atoms with Gasteiger partial charge < -0.3 is 5.11 Å². The fourth-order valence-electron chi connectivity index (χ4n) is 1.03. The molecule has 1 unspecified atom stereocenters. The van der Waals surface area contributed by atoms with Crippen molar-refractivity contribution in [1.29, 1.82) is 0 Å². The molecule has 0 bridgehead atoms. The van der Waals surface area contributed by atoms with Crippen LogP contribution in [-0.2, 0) is 4.79 Å². The van der Waals surface area contributed by atoms with Crippen molar-refractivity contribution >= 4 is 5.78 Å². The highest BCUT2D eigenvalue weighted by molar-refractivity contribution is 5.88. The maximum Gasteiger partial charge on any atom is 0.165 e. The molecule has 2 nitrogen and oxygen atoms in total. The summed E-state index contributed by atoms with van der Waals surface area (Å²) in [5, 5.41) is 9.63. The largest absolute Gasteiger partial charge is 0.378 e. The molecule has 0 aromatic heterocycles. The van der Waals surface area contributed by atoms with Crippen LogP contribution in [0.2, 0.25) is 0 Å². The van der Waals surface area contributed by atoms with E-state index in [2.05, 4.69) is 0 Å². The molecule has 0 aliphatic heterocycles. The molecular formula is C9H12O2. The molecule has 0 aromatic carbocycles. The van der Waals surface area contributed by atoms with E-state index in [0.717, 1.165) is 5.57 Å². The van der Waals surface area contributed by atoms with Crippen LogP contribution in [0.15, 0.2) is 23.8 Å². The standard InChI is InChI=1S/C9H12O2/c1-7(10)9(2,11)8-5-3-4-6-8/h3-5,11H,6H2,1-2H3. The smallest absolute Gasteiger partial charge is 0.165 e. The number of hydrogen-bond donors (Lipinski definition) is 1. The highest BCUT2D eigenvalue weighted by Crippen LogP contribution is 2.24. The first-order valence-corrected chi connectivity index (χ1v) is 3.64. The van der Waals surface area contributed by atoms with E-state index < -0.39 is 5.60 Å². The molecule has 0 fully saturated rings. The lowest BCUT2D eigenvalue weighted by Gasteiger charge is -2.21. The molecule has 2 heteroatoms. The van der Waals surface area contributed by atoms with Crippen LogP contribution in [0, 0.1) is 0 Å². The van der Waals surface area contributed by atoms with Gasteiger partial charge in [0.15, 0.2) is 5.78 Å². The number of ketones is 1. The number of rotatable bonds is 2. The number of hydrogen-bond acceptors (Lipinski definition) is 2. The number of Topliss-reactive ketones (excluding diaryl/α,β-unsaturated/α-hetero) is 1. The molecule has 0 radical (unpaired) electrons. The summed E-state index contributed by atoms with van der Waals surface area (Å²) in [4.78, 5) is 10.9. The van der Waals surface area contributed by atoms with Crippen molar-refractivity contribution in [3.05, 3.63) is 23.8 Å². The van der Waals surface area contributed by atoms with Crippen molar-refractivity contribution in [2.45, 2.75) is 25.9 Å². The van der Waals surface area contributed by atoms with Crippen LogP contribution in [0.25, 0.3) is 0 Å². The van der Waals surface area contributed by atoms with Crippen molar-refractivity contribution in [3.8, 4) is 0 Å². The summed E-state index contributed by atoms with van der Waals surface area (Å²) in [5.41, 5.74) is -0.478. The second kappa shape index (κ2) is 2.62. The third-order valence-electron chi connectivity index (χ3n) is 2.08. The van der Waals surface area contributed by atoms with Gasteiger partial charge in [-0.05, 0) is 25.8 Å². The second-order valence-corrected chi connectivity index (χ2v) is 2.95. The normalized spacial score (nSPS) is 21.2. The molecule has 0 aromatic rings. The van der Waals surface area contributed by atoms with Gasteiger partial charge in [0.05, 0.1) is 0 Å². The van der Waals surface area contributed by atoms with Gasteiger partial charge in [-0.25, -0.2) is 0 Å². The molecule has 0 spiro atoms. The SMILES string of the molecule is CC(=O)C(C)(O)C1=CC=CC1. The summed E-state index contributed by atoms with van der Waals surface area (Å²) in [6, 6.07) is 0. The minimum atomic E-state index is -1.26. The average molecular weight is 152 g/mol. The van der Waals surface area contributed by atoms with Crippen molar-refractivity contribution in [1.82, 2.24) is 0 Å². The van der Waals surface area contributed by atoms with Crippen molar-refractivity contribution in [2.75, 3.05) is 0 Å². The molecule has 1 aliphatic rings. The summed E-state index contributed by atoms with van der Waals surface area (Å²) in [5.74, 6) is -0.201. The monoisotopic (exact) mass is 152 g/mol. The number of allylic oxidation sites excluding steroid dienone is 3. The Hall–Kier alpha value is -0.890. The highest BCUT2D eigenvalue weighted by Gasteiger charge is 2.30. The van der Waals surface area contributed by atoms with Crippen LogP contribution in [0.1, 0.15) is 20.3 Å². The zero-order valence-corrected chi connectivity index (χ0v) is 6.79. The topological polar surface area (TPSA) is 37.3 Å². The molecule has 0 amide bonds. The fourth-order valence-corrected chi connectivity index (χ4v) is 1.03. The number of carbonyl (C=O) groups excluding carboxylic acids is 1. The molecule has 1 N–H and O–H groups in total. The van der Waals surface area contributed by atoms with Crippen LogP contribution >= 0.6 is 0 Å². The summed E-state index contributed by atoms with van der Waals surface area (Å²) in [7, 11) is 0. The van der Waals surface area contributed by atoms with Crippen molar-refractivity contribution in [2.24, 2.45) is 0 Å². The van der Waals surface area contributed by atoms with E-state index in [1.54, 1.807) is 6.08 Å². The number of aliphatic hydroxyl groups is 1. The maximum absolute atomic E-state index is 10.9. The minimum Gasteiger partial charge on any atom is -0.378 e. The Morgan fingerprint density at radius 3 is 2.73 bits per heavy atom. The first-order valence-electron chi connectivity index (χ1n) is 3.64. The van der Waals surface area contributed by atoms with E-state index in [4.69, 9.17) is 0 Å². The van der Waals surface area contributed by atoms with E-state index in [1.807, 2.05) is 12.2 Å². The van der Waals surface area contributed by atoms with Crippen LogP contribution in [0.4, 0.5) is 0 Å². The van der Waals surface area contributed by atoms with Gasteiger partial charge in [-0.15, -0.1) is 0 Å². The zero-order valence-electron chi connectivity index (χ0n) is 6.79. The molecular weight excluding hydrogens is 140 g/mol. The molecule has 1 rings (SSSR count). The Labute approximate surface area is 66.2 Å². The highest BCUT2D eigenvalue weighted by atomic mass is 16.3. The average Bonchev–Trinajstić information content (AvgIpc) is 2.37. The van der Waals surface area contributed by atoms with E-state index in [9.17, 15) is 9.90 Å². The van der Waals surface area contributed by atoms with Crippen molar-refractivity contribution in [3.63, 3.8) is 0 Å². The molecule has 60 valence electrons. The first-order chi connectivity index (χ1) is 5.05. The van der Waals surface area contributed by atoms with Gasteiger partial charge in [0.1, 0.15) is 5.60 Å². The molecule has 0 saturated carbocycles. The fraction of sp³-hybridized carbons (Fsp3) is 0.444. The Kier molecular flexibility index (Phi) is 1.96. The van der Waals surface area contributed by atoms with Gasteiger partial charge in [0, 0.05) is 0 Å². The predicted molar refractivity (Wildman–Crippen MR) is 43.1 cm³/mol. The third kappa shape index (κ3) is 1.40. The Morgan fingerprint density at radius 1 is 1.73 bits per heavy atom. The first kappa shape index (κ1) is 8.21. The van der Waals surface area contributed by atoms with Crippen molar-refractivity contribution < 1.29 is 9.90 Å². The summed E-state index contributed by atoms with van der Waals surface area (Å²) >= 11 is 0. The van der Waals surface area contributed by atoms with Crippen LogP contribution in [-0.4, -0.2) is 16.5 Å². The minimum absolute atomic E-state index is 0.201. The Bertz CT molecular complexity index is 234. The lowest BCUT2D eigenvalue weighted by atomic mass is 9.91. The molecule has 11 heavy (non-hydrogen) atoms. The maximum atomic E-state index is 10.9. The molecule has 0 saturated heterocycles. The quantitative estimate of drug-likeness (QED) is 0.645. The second-order valence-electron chi connectivity index (χ2n) is 2.95. The molecule has 0 heterocycles. The lowest BCUT2D eigenvalue weighted by Crippen LogP contribution is -2.34. The zero-order chi connectivity index (χ0) is 8.48. The van der Waals surface area contributed by atoms with Gasteiger partial charge in [-0.3, -0.25) is 4.79 Å². The summed E-state index contributed by atoms with van der Waals surface area (Å²) in [6.07, 6.45) is 6.26. The van der Waals surface area contributed by atoms with E-state index in [1.165, 1.54) is 13.8 Å². The molecule has 1 atom stereocenters. The van der Waals surface area contributed by atoms with Crippen LogP contribution in [0.5, 0.6) is 0 Å². The van der Waals surface area contributed by atoms with Gasteiger partial charge in [0.2, 0.25) is 0 Å². The predicted octanol–water partition coefficient (Wildman–Crippen LogP) is 1.21. The van der Waals surface area contributed by atoms with E-state index in [-0.39, 0.29) is 5.78 Å². The van der Waals surface area contributed by atoms with Gasteiger partial charge in [0.25, 0.3) is 0 Å². The lowest BCUT2D eigenvalue weighted by molar-refractivity contribution is -0.130. The van der Waals surface area contributed by atoms with Crippen LogP contribution in [0.3, 0.4) is 0 Å². The van der Waals surface area contributed by atoms with Gasteiger partial charge >= 0.3 is 0 Å². The van der Waals surface area contributed by atoms with Gasteiger partial charge in [-0.1, -0.05) is 18.2 Å². The Balaban J connectivity index is 2.81. The van der Waals surface area contributed by atoms with E-state index >= 15 is 0 Å². The molecule has 1 aliphatic carbocycles. The van der Waals surface area contributed by atoms with E-state index in [0.29, 0.717) is 6.42 Å². The Morgan fingerprint density at radius 2 is 2.36 bits per heavy atom. The summed E-state index contributed by atoms with van der Waals surface area (Å²) < 4.78 is 0. The third-order valence-corrected chi connectivity index (χ3v) is 2.08.